The highest BCUT2D eigenvalue weighted by Gasteiger charge is 2.15. The third-order valence-corrected chi connectivity index (χ3v) is 2.20. The first-order valence-electron chi connectivity index (χ1n) is 5.85. The molecule has 0 rings (SSSR count). The standard InChI is InChI=1S/C12H25NO2/c1-9(2)6-5-7-15-12(14)11(13)8-10(3)4/h9-11H,5-8,13H2,1-4H3. The maximum Gasteiger partial charge on any atom is 0.322 e. The van der Waals surface area contributed by atoms with Gasteiger partial charge < -0.3 is 10.5 Å². The minimum absolute atomic E-state index is 0.257. The summed E-state index contributed by atoms with van der Waals surface area (Å²) in [5.41, 5.74) is 5.69. The van der Waals surface area contributed by atoms with E-state index in [1.165, 1.54) is 0 Å². The van der Waals surface area contributed by atoms with E-state index in [4.69, 9.17) is 10.5 Å². The topological polar surface area (TPSA) is 52.3 Å². The van der Waals surface area contributed by atoms with Gasteiger partial charge in [0, 0.05) is 0 Å². The minimum atomic E-state index is -0.455. The average Bonchev–Trinajstić information content (AvgIpc) is 2.10. The number of rotatable bonds is 7. The highest BCUT2D eigenvalue weighted by Crippen LogP contribution is 2.06. The molecule has 90 valence electrons. The van der Waals surface area contributed by atoms with Gasteiger partial charge >= 0.3 is 5.97 Å². The molecule has 0 spiro atoms. The highest BCUT2D eigenvalue weighted by atomic mass is 16.5. The summed E-state index contributed by atoms with van der Waals surface area (Å²) in [6.07, 6.45) is 2.72. The quantitative estimate of drug-likeness (QED) is 0.524. The van der Waals surface area contributed by atoms with Crippen molar-refractivity contribution in [2.45, 2.75) is 53.0 Å². The Labute approximate surface area is 93.4 Å². The summed E-state index contributed by atoms with van der Waals surface area (Å²) in [4.78, 5) is 11.4. The van der Waals surface area contributed by atoms with E-state index in [0.717, 1.165) is 12.8 Å². The predicted molar refractivity (Wildman–Crippen MR) is 62.5 cm³/mol. The van der Waals surface area contributed by atoms with Crippen LogP contribution in [-0.2, 0) is 9.53 Å². The lowest BCUT2D eigenvalue weighted by atomic mass is 10.0. The van der Waals surface area contributed by atoms with E-state index in [1.54, 1.807) is 0 Å². The Morgan fingerprint density at radius 2 is 1.80 bits per heavy atom. The number of hydrogen-bond acceptors (Lipinski definition) is 3. The molecule has 2 N–H and O–H groups in total. The number of ether oxygens (including phenoxy) is 1. The van der Waals surface area contributed by atoms with Gasteiger partial charge in [0.1, 0.15) is 6.04 Å². The van der Waals surface area contributed by atoms with Crippen molar-refractivity contribution >= 4 is 5.97 Å². The van der Waals surface area contributed by atoms with Gasteiger partial charge in [0.05, 0.1) is 6.61 Å². The second-order valence-corrected chi connectivity index (χ2v) is 4.94. The SMILES string of the molecule is CC(C)CCCOC(=O)C(N)CC(C)C. The van der Waals surface area contributed by atoms with Crippen molar-refractivity contribution in [3.8, 4) is 0 Å². The lowest BCUT2D eigenvalue weighted by Crippen LogP contribution is -2.33. The third-order valence-electron chi connectivity index (χ3n) is 2.20. The van der Waals surface area contributed by atoms with Crippen LogP contribution in [0.3, 0.4) is 0 Å². The number of carbonyl (C=O) groups is 1. The second-order valence-electron chi connectivity index (χ2n) is 4.94. The summed E-state index contributed by atoms with van der Waals surface area (Å²) in [5.74, 6) is 0.837. The Morgan fingerprint density at radius 3 is 2.27 bits per heavy atom. The van der Waals surface area contributed by atoms with Crippen LogP contribution in [0.4, 0.5) is 0 Å². The van der Waals surface area contributed by atoms with E-state index >= 15 is 0 Å². The first kappa shape index (κ1) is 14.4. The average molecular weight is 215 g/mol. The monoisotopic (exact) mass is 215 g/mol. The molecule has 0 aliphatic rings. The molecule has 0 aromatic rings. The van der Waals surface area contributed by atoms with E-state index in [9.17, 15) is 4.79 Å². The largest absolute Gasteiger partial charge is 0.465 e. The fourth-order valence-corrected chi connectivity index (χ4v) is 1.38. The summed E-state index contributed by atoms with van der Waals surface area (Å²) < 4.78 is 5.09. The summed E-state index contributed by atoms with van der Waals surface area (Å²) in [5, 5.41) is 0. The Hall–Kier alpha value is -0.570. The van der Waals surface area contributed by atoms with Gasteiger partial charge in [-0.1, -0.05) is 27.7 Å². The first-order valence-corrected chi connectivity index (χ1v) is 5.85. The molecule has 0 aliphatic heterocycles. The lowest BCUT2D eigenvalue weighted by molar-refractivity contribution is -0.145. The van der Waals surface area contributed by atoms with Gasteiger partial charge in [-0.25, -0.2) is 0 Å². The van der Waals surface area contributed by atoms with Crippen LogP contribution < -0.4 is 5.73 Å². The molecule has 0 aliphatic carbocycles. The van der Waals surface area contributed by atoms with Crippen LogP contribution in [0.2, 0.25) is 0 Å². The van der Waals surface area contributed by atoms with Crippen molar-refractivity contribution in [1.29, 1.82) is 0 Å². The predicted octanol–water partition coefficient (Wildman–Crippen LogP) is 2.34. The molecule has 3 heteroatoms. The molecule has 1 atom stereocenters. The highest BCUT2D eigenvalue weighted by molar-refractivity contribution is 5.75. The molecule has 0 saturated carbocycles. The molecule has 15 heavy (non-hydrogen) atoms. The summed E-state index contributed by atoms with van der Waals surface area (Å²) in [7, 11) is 0. The van der Waals surface area contributed by atoms with Crippen molar-refractivity contribution in [2.75, 3.05) is 6.61 Å². The number of hydrogen-bond donors (Lipinski definition) is 1. The zero-order valence-corrected chi connectivity index (χ0v) is 10.5. The van der Waals surface area contributed by atoms with E-state index in [1.807, 2.05) is 13.8 Å². The van der Waals surface area contributed by atoms with Crippen molar-refractivity contribution in [3.63, 3.8) is 0 Å². The molecule has 0 heterocycles. The van der Waals surface area contributed by atoms with Crippen LogP contribution in [0.1, 0.15) is 47.0 Å². The van der Waals surface area contributed by atoms with E-state index in [2.05, 4.69) is 13.8 Å². The molecular formula is C12H25NO2. The lowest BCUT2D eigenvalue weighted by Gasteiger charge is -2.13. The third kappa shape index (κ3) is 8.43. The summed E-state index contributed by atoms with van der Waals surface area (Å²) >= 11 is 0. The molecule has 3 nitrogen and oxygen atoms in total. The van der Waals surface area contributed by atoms with Crippen LogP contribution in [-0.4, -0.2) is 18.6 Å². The van der Waals surface area contributed by atoms with Gasteiger partial charge in [0.25, 0.3) is 0 Å². The molecule has 0 radical (unpaired) electrons. The smallest absolute Gasteiger partial charge is 0.322 e. The summed E-state index contributed by atoms with van der Waals surface area (Å²) in [6, 6.07) is -0.455. The minimum Gasteiger partial charge on any atom is -0.465 e. The number of nitrogens with two attached hydrogens (primary N) is 1. The molecule has 0 bridgehead atoms. The van der Waals surface area contributed by atoms with Gasteiger partial charge in [-0.3, -0.25) is 4.79 Å². The Balaban J connectivity index is 3.56. The molecule has 0 fully saturated rings. The fraction of sp³-hybridized carbons (Fsp3) is 0.917. The molecule has 1 unspecified atom stereocenters. The first-order chi connectivity index (χ1) is 6.93. The van der Waals surface area contributed by atoms with E-state index in [0.29, 0.717) is 24.9 Å². The van der Waals surface area contributed by atoms with Crippen LogP contribution >= 0.6 is 0 Å². The zero-order chi connectivity index (χ0) is 11.8. The summed E-state index contributed by atoms with van der Waals surface area (Å²) in [6.45, 7) is 8.92. The second kappa shape index (κ2) is 7.69. The molecule has 0 aromatic carbocycles. The maximum atomic E-state index is 11.4. The van der Waals surface area contributed by atoms with Gasteiger partial charge in [0.15, 0.2) is 0 Å². The number of esters is 1. The molecular weight excluding hydrogens is 190 g/mol. The zero-order valence-electron chi connectivity index (χ0n) is 10.5. The van der Waals surface area contributed by atoms with Crippen LogP contribution in [0, 0.1) is 11.8 Å². The van der Waals surface area contributed by atoms with E-state index in [-0.39, 0.29) is 5.97 Å². The van der Waals surface area contributed by atoms with Crippen molar-refractivity contribution < 1.29 is 9.53 Å². The Kier molecular flexibility index (Phi) is 7.39. The fourth-order valence-electron chi connectivity index (χ4n) is 1.38. The van der Waals surface area contributed by atoms with E-state index < -0.39 is 6.04 Å². The molecule has 0 saturated heterocycles. The van der Waals surface area contributed by atoms with Crippen molar-refractivity contribution in [2.24, 2.45) is 17.6 Å². The van der Waals surface area contributed by atoms with Gasteiger partial charge in [0.2, 0.25) is 0 Å². The van der Waals surface area contributed by atoms with Gasteiger partial charge in [-0.15, -0.1) is 0 Å². The van der Waals surface area contributed by atoms with Crippen molar-refractivity contribution in [3.05, 3.63) is 0 Å². The van der Waals surface area contributed by atoms with Crippen LogP contribution in [0.15, 0.2) is 0 Å². The van der Waals surface area contributed by atoms with Crippen molar-refractivity contribution in [1.82, 2.24) is 0 Å². The Morgan fingerprint density at radius 1 is 1.20 bits per heavy atom. The Bertz CT molecular complexity index is 178. The van der Waals surface area contributed by atoms with Crippen LogP contribution in [0.5, 0.6) is 0 Å². The number of carbonyl (C=O) groups excluding carboxylic acids is 1. The normalized spacial score (nSPS) is 13.3. The molecule has 0 aromatic heterocycles. The van der Waals surface area contributed by atoms with Gasteiger partial charge in [-0.05, 0) is 31.1 Å². The van der Waals surface area contributed by atoms with Gasteiger partial charge in [-0.2, -0.15) is 0 Å². The maximum absolute atomic E-state index is 11.4. The molecule has 0 amide bonds. The van der Waals surface area contributed by atoms with Crippen LogP contribution in [0.25, 0.3) is 0 Å².